The quantitative estimate of drug-likeness (QED) is 0.681. The molecule has 1 heterocycles. The standard InChI is InChI=1S/C21H23N3O4S/c1-12(2)27-18-10-7-13(11-19(18)29(3,25)26)21-23-20(24-28-21)16-6-4-5-15-14(16)8-9-17(15)22/h4-7,10-12,17H,8-9,22H2,1-3H3. The van der Waals surface area contributed by atoms with Crippen LogP contribution in [0.3, 0.4) is 0 Å². The van der Waals surface area contributed by atoms with Crippen molar-refractivity contribution in [1.29, 1.82) is 0 Å². The summed E-state index contributed by atoms with van der Waals surface area (Å²) in [6.45, 7) is 3.68. The molecule has 7 nitrogen and oxygen atoms in total. The van der Waals surface area contributed by atoms with E-state index in [2.05, 4.69) is 10.1 Å². The number of nitrogens with zero attached hydrogens (tertiary/aromatic N) is 2. The number of hydrogen-bond acceptors (Lipinski definition) is 7. The highest BCUT2D eigenvalue weighted by Gasteiger charge is 2.24. The zero-order valence-electron chi connectivity index (χ0n) is 16.5. The van der Waals surface area contributed by atoms with E-state index in [0.29, 0.717) is 17.1 Å². The summed E-state index contributed by atoms with van der Waals surface area (Å²) in [5.74, 6) is 1.02. The first-order chi connectivity index (χ1) is 13.7. The fourth-order valence-corrected chi connectivity index (χ4v) is 4.45. The summed E-state index contributed by atoms with van der Waals surface area (Å²) in [6.07, 6.45) is 2.76. The van der Waals surface area contributed by atoms with Gasteiger partial charge < -0.3 is 15.0 Å². The molecule has 29 heavy (non-hydrogen) atoms. The van der Waals surface area contributed by atoms with Gasteiger partial charge in [0.25, 0.3) is 5.89 Å². The molecule has 2 aromatic carbocycles. The molecule has 0 saturated heterocycles. The summed E-state index contributed by atoms with van der Waals surface area (Å²) < 4.78 is 35.6. The minimum Gasteiger partial charge on any atom is -0.490 e. The van der Waals surface area contributed by atoms with Crippen molar-refractivity contribution in [3.05, 3.63) is 47.5 Å². The lowest BCUT2D eigenvalue weighted by Gasteiger charge is -2.13. The Balaban J connectivity index is 1.74. The first-order valence-corrected chi connectivity index (χ1v) is 11.4. The Labute approximate surface area is 169 Å². The summed E-state index contributed by atoms with van der Waals surface area (Å²) in [6, 6.07) is 10.8. The van der Waals surface area contributed by atoms with Crippen molar-refractivity contribution in [3.8, 4) is 28.6 Å². The van der Waals surface area contributed by atoms with Crippen LogP contribution in [0.2, 0.25) is 0 Å². The highest BCUT2D eigenvalue weighted by Crippen LogP contribution is 2.36. The molecule has 0 fully saturated rings. The molecule has 8 heteroatoms. The van der Waals surface area contributed by atoms with Gasteiger partial charge in [0.1, 0.15) is 10.6 Å². The summed E-state index contributed by atoms with van der Waals surface area (Å²) >= 11 is 0. The molecule has 0 amide bonds. The zero-order valence-corrected chi connectivity index (χ0v) is 17.4. The second kappa shape index (κ2) is 7.27. The van der Waals surface area contributed by atoms with Crippen LogP contribution in [0.1, 0.15) is 37.4 Å². The Morgan fingerprint density at radius 2 is 2.03 bits per heavy atom. The molecule has 152 valence electrons. The fraction of sp³-hybridized carbons (Fsp3) is 0.333. The van der Waals surface area contributed by atoms with Gasteiger partial charge in [0.05, 0.1) is 6.10 Å². The number of sulfone groups is 1. The molecule has 0 bridgehead atoms. The molecule has 0 spiro atoms. The van der Waals surface area contributed by atoms with Crippen LogP contribution in [0.25, 0.3) is 22.8 Å². The first kappa shape index (κ1) is 19.6. The van der Waals surface area contributed by atoms with Crippen LogP contribution < -0.4 is 10.5 Å². The maximum atomic E-state index is 12.2. The van der Waals surface area contributed by atoms with Crippen molar-refractivity contribution in [2.75, 3.05) is 6.26 Å². The van der Waals surface area contributed by atoms with Gasteiger partial charge in [0, 0.05) is 23.4 Å². The van der Waals surface area contributed by atoms with E-state index in [1.165, 1.54) is 6.07 Å². The number of nitrogens with two attached hydrogens (primary N) is 1. The van der Waals surface area contributed by atoms with E-state index in [1.807, 2.05) is 32.0 Å². The number of hydrogen-bond donors (Lipinski definition) is 1. The lowest BCUT2D eigenvalue weighted by molar-refractivity contribution is 0.236. The molecular weight excluding hydrogens is 390 g/mol. The number of ether oxygens (including phenoxy) is 1. The smallest absolute Gasteiger partial charge is 0.258 e. The molecule has 3 aromatic rings. The first-order valence-electron chi connectivity index (χ1n) is 9.46. The Morgan fingerprint density at radius 1 is 1.24 bits per heavy atom. The van der Waals surface area contributed by atoms with Gasteiger partial charge in [-0.15, -0.1) is 0 Å². The average molecular weight is 413 g/mol. The lowest BCUT2D eigenvalue weighted by atomic mass is 10.0. The molecule has 1 aliphatic carbocycles. The zero-order chi connectivity index (χ0) is 20.8. The minimum absolute atomic E-state index is 0.0298. The molecule has 0 radical (unpaired) electrons. The minimum atomic E-state index is -3.50. The Morgan fingerprint density at radius 3 is 2.76 bits per heavy atom. The maximum absolute atomic E-state index is 12.2. The van der Waals surface area contributed by atoms with Crippen molar-refractivity contribution in [2.24, 2.45) is 5.73 Å². The van der Waals surface area contributed by atoms with Crippen molar-refractivity contribution < 1.29 is 17.7 Å². The molecule has 2 N–H and O–H groups in total. The van der Waals surface area contributed by atoms with Gasteiger partial charge in [0.15, 0.2) is 9.84 Å². The van der Waals surface area contributed by atoms with E-state index in [1.54, 1.807) is 12.1 Å². The summed E-state index contributed by atoms with van der Waals surface area (Å²) in [4.78, 5) is 4.61. The predicted molar refractivity (Wildman–Crippen MR) is 109 cm³/mol. The number of fused-ring (bicyclic) bond motifs is 1. The predicted octanol–water partition coefficient (Wildman–Crippen LogP) is 3.54. The number of benzene rings is 2. The highest BCUT2D eigenvalue weighted by atomic mass is 32.2. The molecular formula is C21H23N3O4S. The normalized spacial score (nSPS) is 16.2. The lowest BCUT2D eigenvalue weighted by Crippen LogP contribution is -2.09. The topological polar surface area (TPSA) is 108 Å². The number of rotatable bonds is 5. The maximum Gasteiger partial charge on any atom is 0.258 e. The molecule has 4 rings (SSSR count). The monoisotopic (exact) mass is 413 g/mol. The third kappa shape index (κ3) is 3.77. The van der Waals surface area contributed by atoms with Crippen LogP contribution in [-0.2, 0) is 16.3 Å². The summed E-state index contributed by atoms with van der Waals surface area (Å²) in [7, 11) is -3.50. The molecule has 1 unspecified atom stereocenters. The highest BCUT2D eigenvalue weighted by molar-refractivity contribution is 7.90. The van der Waals surface area contributed by atoms with Gasteiger partial charge in [-0.25, -0.2) is 8.42 Å². The summed E-state index contributed by atoms with van der Waals surface area (Å²) in [5.41, 5.74) is 9.84. The SMILES string of the molecule is CC(C)Oc1ccc(-c2nc(-c3cccc4c3CCC4N)no2)cc1S(C)(=O)=O. The van der Waals surface area contributed by atoms with Gasteiger partial charge in [-0.1, -0.05) is 23.4 Å². The Hall–Kier alpha value is -2.71. The largest absolute Gasteiger partial charge is 0.490 e. The van der Waals surface area contributed by atoms with Crippen LogP contribution in [0, 0.1) is 0 Å². The van der Waals surface area contributed by atoms with Crippen molar-refractivity contribution in [2.45, 2.75) is 43.7 Å². The average Bonchev–Trinajstić information content (AvgIpc) is 3.28. The van der Waals surface area contributed by atoms with E-state index in [-0.39, 0.29) is 22.9 Å². The van der Waals surface area contributed by atoms with E-state index in [9.17, 15) is 8.42 Å². The second-order valence-corrected chi connectivity index (χ2v) is 9.53. The van der Waals surface area contributed by atoms with Gasteiger partial charge in [-0.05, 0) is 56.0 Å². The third-order valence-electron chi connectivity index (χ3n) is 4.94. The van der Waals surface area contributed by atoms with E-state index >= 15 is 0 Å². The molecule has 1 aliphatic rings. The van der Waals surface area contributed by atoms with Gasteiger partial charge in [-0.3, -0.25) is 0 Å². The van der Waals surface area contributed by atoms with Crippen LogP contribution in [0.5, 0.6) is 5.75 Å². The number of aromatic nitrogens is 2. The Bertz CT molecular complexity index is 1170. The van der Waals surface area contributed by atoms with E-state index in [4.69, 9.17) is 15.0 Å². The Kier molecular flexibility index (Phi) is 4.92. The van der Waals surface area contributed by atoms with E-state index in [0.717, 1.165) is 35.8 Å². The molecule has 0 aliphatic heterocycles. The van der Waals surface area contributed by atoms with E-state index < -0.39 is 9.84 Å². The molecule has 1 aromatic heterocycles. The van der Waals surface area contributed by atoms with Gasteiger partial charge >= 0.3 is 0 Å². The van der Waals surface area contributed by atoms with Crippen LogP contribution in [0.15, 0.2) is 45.8 Å². The van der Waals surface area contributed by atoms with Crippen LogP contribution in [0.4, 0.5) is 0 Å². The van der Waals surface area contributed by atoms with Gasteiger partial charge in [0.2, 0.25) is 5.82 Å². The summed E-state index contributed by atoms with van der Waals surface area (Å²) in [5, 5.41) is 4.12. The van der Waals surface area contributed by atoms with Crippen LogP contribution >= 0.6 is 0 Å². The molecule has 0 saturated carbocycles. The van der Waals surface area contributed by atoms with Crippen LogP contribution in [-0.4, -0.2) is 30.9 Å². The van der Waals surface area contributed by atoms with Crippen molar-refractivity contribution >= 4 is 9.84 Å². The van der Waals surface area contributed by atoms with Crippen molar-refractivity contribution in [1.82, 2.24) is 10.1 Å². The molecule has 1 atom stereocenters. The second-order valence-electron chi connectivity index (χ2n) is 7.54. The fourth-order valence-electron chi connectivity index (χ4n) is 3.63. The van der Waals surface area contributed by atoms with Crippen molar-refractivity contribution in [3.63, 3.8) is 0 Å². The van der Waals surface area contributed by atoms with Gasteiger partial charge in [-0.2, -0.15) is 4.98 Å². The third-order valence-corrected chi connectivity index (χ3v) is 6.05.